The number of cyclic esters (lactones) is 2. The third kappa shape index (κ3) is 9.34. The molecule has 0 unspecified atom stereocenters. The SMILES string of the molecule is CC1(C)OC(=O)C(OC2CCC(=O)CC2)=C1c1ccc(S(C)(=O)=O)cc1.CC1(C)OC(=O)C(OC2CCC(F)(F)CC2)=C1c1ccc(S(C)(=O)=O)cc1. The number of ketones is 1. The monoisotopic (exact) mass is 778 g/mol. The molecule has 0 amide bonds. The second-order valence-electron chi connectivity index (χ2n) is 14.8. The van der Waals surface area contributed by atoms with Gasteiger partial charge < -0.3 is 18.9 Å². The Labute approximate surface area is 308 Å². The topological polar surface area (TPSA) is 156 Å². The van der Waals surface area contributed by atoms with E-state index in [1.807, 2.05) is 0 Å². The summed E-state index contributed by atoms with van der Waals surface area (Å²) in [5.74, 6) is -3.48. The summed E-state index contributed by atoms with van der Waals surface area (Å²) in [4.78, 5) is 36.5. The van der Waals surface area contributed by atoms with Crippen LogP contribution in [-0.4, -0.2) is 76.4 Å². The molecule has 2 saturated carbocycles. The number of Topliss-reactive ketones (excluding diaryl/α,β-unsaturated/α-hetero) is 1. The molecule has 0 bridgehead atoms. The van der Waals surface area contributed by atoms with Crippen molar-refractivity contribution in [1.82, 2.24) is 0 Å². The molecule has 2 aliphatic carbocycles. The Morgan fingerprint density at radius 3 is 1.28 bits per heavy atom. The van der Waals surface area contributed by atoms with Crippen LogP contribution < -0.4 is 0 Å². The number of benzene rings is 2. The van der Waals surface area contributed by atoms with Crippen molar-refractivity contribution >= 4 is 48.5 Å². The molecule has 0 atom stereocenters. The van der Waals surface area contributed by atoms with E-state index in [1.54, 1.807) is 52.0 Å². The molecule has 288 valence electrons. The van der Waals surface area contributed by atoms with E-state index in [-0.39, 0.29) is 58.9 Å². The number of alkyl halides is 2. The van der Waals surface area contributed by atoms with E-state index in [2.05, 4.69) is 0 Å². The van der Waals surface area contributed by atoms with Gasteiger partial charge in [-0.25, -0.2) is 35.2 Å². The predicted octanol–water partition coefficient (Wildman–Crippen LogP) is 6.40. The minimum atomic E-state index is -3.35. The van der Waals surface area contributed by atoms with Gasteiger partial charge in [-0.15, -0.1) is 0 Å². The average molecular weight is 779 g/mol. The van der Waals surface area contributed by atoms with Crippen LogP contribution >= 0.6 is 0 Å². The van der Waals surface area contributed by atoms with Crippen molar-refractivity contribution in [1.29, 1.82) is 0 Å². The third-order valence-corrected chi connectivity index (χ3v) is 11.8. The summed E-state index contributed by atoms with van der Waals surface area (Å²) in [6, 6.07) is 12.4. The number of ether oxygens (including phenoxy) is 4. The lowest BCUT2D eigenvalue weighted by Crippen LogP contribution is -2.29. The minimum Gasteiger partial charge on any atom is -0.483 e. The number of hydrogen-bond acceptors (Lipinski definition) is 11. The zero-order valence-electron chi connectivity index (χ0n) is 30.5. The highest BCUT2D eigenvalue weighted by molar-refractivity contribution is 7.91. The maximum Gasteiger partial charge on any atom is 0.374 e. The van der Waals surface area contributed by atoms with E-state index in [4.69, 9.17) is 18.9 Å². The predicted molar refractivity (Wildman–Crippen MR) is 190 cm³/mol. The number of rotatable bonds is 8. The van der Waals surface area contributed by atoms with Crippen LogP contribution in [0.25, 0.3) is 11.1 Å². The molecule has 0 N–H and O–H groups in total. The highest BCUT2D eigenvalue weighted by atomic mass is 32.2. The van der Waals surface area contributed by atoms with E-state index in [0.29, 0.717) is 48.0 Å². The largest absolute Gasteiger partial charge is 0.483 e. The van der Waals surface area contributed by atoms with Gasteiger partial charge in [-0.1, -0.05) is 24.3 Å². The lowest BCUT2D eigenvalue weighted by molar-refractivity contribution is -0.149. The molecule has 2 fully saturated rings. The van der Waals surface area contributed by atoms with Crippen molar-refractivity contribution in [2.24, 2.45) is 0 Å². The van der Waals surface area contributed by atoms with Gasteiger partial charge in [0.15, 0.2) is 19.7 Å². The fourth-order valence-electron chi connectivity index (χ4n) is 6.81. The summed E-state index contributed by atoms with van der Waals surface area (Å²) < 4.78 is 96.0. The molecule has 0 spiro atoms. The van der Waals surface area contributed by atoms with Crippen LogP contribution in [0.2, 0.25) is 0 Å². The first-order chi connectivity index (χ1) is 24.5. The average Bonchev–Trinajstić information content (AvgIpc) is 3.42. The van der Waals surface area contributed by atoms with Crippen LogP contribution in [-0.2, 0) is 53.0 Å². The van der Waals surface area contributed by atoms with Gasteiger partial charge in [0, 0.05) is 38.2 Å². The van der Waals surface area contributed by atoms with Crippen LogP contribution in [0, 0.1) is 0 Å². The van der Waals surface area contributed by atoms with E-state index in [0.717, 1.165) is 12.5 Å². The molecule has 6 rings (SSSR count). The summed E-state index contributed by atoms with van der Waals surface area (Å²) in [7, 11) is -6.65. The molecule has 0 radical (unpaired) electrons. The normalized spacial score (nSPS) is 21.8. The lowest BCUT2D eigenvalue weighted by atomic mass is 9.91. The summed E-state index contributed by atoms with van der Waals surface area (Å²) in [6.07, 6.45) is 3.41. The molecule has 2 heterocycles. The molecule has 15 heteroatoms. The smallest absolute Gasteiger partial charge is 0.374 e. The van der Waals surface area contributed by atoms with E-state index < -0.39 is 54.8 Å². The van der Waals surface area contributed by atoms with Crippen molar-refractivity contribution in [3.05, 3.63) is 71.2 Å². The van der Waals surface area contributed by atoms with Gasteiger partial charge in [0.25, 0.3) is 0 Å². The van der Waals surface area contributed by atoms with Crippen molar-refractivity contribution in [2.75, 3.05) is 12.5 Å². The molecular weight excluding hydrogens is 735 g/mol. The fraction of sp³-hybridized carbons (Fsp3) is 0.500. The lowest BCUT2D eigenvalue weighted by Gasteiger charge is -2.28. The van der Waals surface area contributed by atoms with Gasteiger partial charge in [0.1, 0.15) is 17.0 Å². The molecule has 0 saturated heterocycles. The van der Waals surface area contributed by atoms with Crippen LogP contribution in [0.5, 0.6) is 0 Å². The second-order valence-corrected chi connectivity index (χ2v) is 18.9. The fourth-order valence-corrected chi connectivity index (χ4v) is 8.08. The van der Waals surface area contributed by atoms with Crippen molar-refractivity contribution in [3.63, 3.8) is 0 Å². The van der Waals surface area contributed by atoms with Crippen LogP contribution in [0.4, 0.5) is 8.78 Å². The molecule has 2 aliphatic heterocycles. The van der Waals surface area contributed by atoms with Gasteiger partial charge in [-0.05, 0) is 88.8 Å². The molecule has 53 heavy (non-hydrogen) atoms. The van der Waals surface area contributed by atoms with Crippen molar-refractivity contribution in [2.45, 2.75) is 118 Å². The van der Waals surface area contributed by atoms with Crippen LogP contribution in [0.1, 0.15) is 90.2 Å². The van der Waals surface area contributed by atoms with Crippen molar-refractivity contribution < 1.29 is 58.9 Å². The Bertz CT molecular complexity index is 2040. The Morgan fingerprint density at radius 2 is 0.943 bits per heavy atom. The van der Waals surface area contributed by atoms with Crippen LogP contribution in [0.15, 0.2) is 69.8 Å². The molecule has 0 aromatic heterocycles. The molecule has 2 aromatic rings. The standard InChI is InChI=1S/C19H22F2O5S.C19H22O6S/c1-18(2)15(12-4-6-14(7-5-12)27(3,23)24)16(17(22)26-18)25-13-8-10-19(20,21)11-9-13;1-19(2)16(12-4-10-15(11-5-12)26(3,22)23)17(18(21)25-19)24-14-8-6-13(20)7-9-14/h4-7,13H,8-11H2,1-3H3;4-5,10-11,14H,6-9H2,1-3H3. The van der Waals surface area contributed by atoms with E-state index in [1.165, 1.54) is 24.3 Å². The summed E-state index contributed by atoms with van der Waals surface area (Å²) in [5.41, 5.74) is 0.495. The highest BCUT2D eigenvalue weighted by Crippen LogP contribution is 2.44. The molecular formula is C38H44F2O11S2. The van der Waals surface area contributed by atoms with E-state index >= 15 is 0 Å². The maximum atomic E-state index is 13.4. The Hall–Kier alpha value is -4.11. The Kier molecular flexibility index (Phi) is 11.1. The summed E-state index contributed by atoms with van der Waals surface area (Å²) in [5, 5.41) is 0. The van der Waals surface area contributed by atoms with Gasteiger partial charge >= 0.3 is 11.9 Å². The summed E-state index contributed by atoms with van der Waals surface area (Å²) >= 11 is 0. The number of hydrogen-bond donors (Lipinski definition) is 0. The van der Waals surface area contributed by atoms with Gasteiger partial charge in [0.2, 0.25) is 17.4 Å². The van der Waals surface area contributed by atoms with Gasteiger partial charge in [0.05, 0.1) is 33.1 Å². The molecule has 4 aliphatic rings. The number of carbonyl (C=O) groups is 3. The van der Waals surface area contributed by atoms with Gasteiger partial charge in [-0.2, -0.15) is 0 Å². The summed E-state index contributed by atoms with van der Waals surface area (Å²) in [6.45, 7) is 6.95. The second kappa shape index (κ2) is 14.6. The third-order valence-electron chi connectivity index (χ3n) is 9.59. The quantitative estimate of drug-likeness (QED) is 0.274. The van der Waals surface area contributed by atoms with Crippen LogP contribution in [0.3, 0.4) is 0 Å². The number of halogens is 2. The first-order valence-electron chi connectivity index (χ1n) is 17.3. The Morgan fingerprint density at radius 1 is 0.604 bits per heavy atom. The molecule has 11 nitrogen and oxygen atoms in total. The first kappa shape index (κ1) is 40.1. The maximum absolute atomic E-state index is 13.4. The first-order valence-corrected chi connectivity index (χ1v) is 21.1. The van der Waals surface area contributed by atoms with Gasteiger partial charge in [-0.3, -0.25) is 4.79 Å². The highest BCUT2D eigenvalue weighted by Gasteiger charge is 2.46. The zero-order chi connectivity index (χ0) is 39.1. The Balaban J connectivity index is 0.000000204. The number of esters is 2. The number of carbonyl (C=O) groups excluding carboxylic acids is 3. The molecule has 2 aromatic carbocycles. The minimum absolute atomic E-state index is 0.0160. The van der Waals surface area contributed by atoms with E-state index in [9.17, 15) is 40.0 Å². The van der Waals surface area contributed by atoms with Crippen molar-refractivity contribution in [3.8, 4) is 0 Å². The number of sulfone groups is 2. The zero-order valence-corrected chi connectivity index (χ0v) is 32.1.